The fourth-order valence-corrected chi connectivity index (χ4v) is 2.87. The number of hydrogen-bond acceptors (Lipinski definition) is 4. The summed E-state index contributed by atoms with van der Waals surface area (Å²) >= 11 is 0. The van der Waals surface area contributed by atoms with E-state index in [2.05, 4.69) is 27.8 Å². The van der Waals surface area contributed by atoms with Crippen LogP contribution < -0.4 is 0 Å². The number of aromatic nitrogens is 4. The monoisotopic (exact) mass is 318 g/mol. The summed E-state index contributed by atoms with van der Waals surface area (Å²) in [5, 5.41) is 8.38. The van der Waals surface area contributed by atoms with Gasteiger partial charge in [0.2, 0.25) is 11.8 Å². The molecule has 4 rings (SSSR count). The molecule has 0 fully saturated rings. The van der Waals surface area contributed by atoms with Gasteiger partial charge in [-0.15, -0.1) is 10.2 Å². The standard InChI is InChI=1S/C19H18N4O/c1-2-8-17-20-15-11-6-7-12-16(15)23(17)13-18-21-22-19(24-18)14-9-4-3-5-10-14/h3-7,9-12H,2,8,13H2,1H3. The van der Waals surface area contributed by atoms with Gasteiger partial charge in [0.05, 0.1) is 11.0 Å². The van der Waals surface area contributed by atoms with Crippen LogP contribution in [0.3, 0.4) is 0 Å². The normalized spacial score (nSPS) is 11.2. The molecule has 0 saturated carbocycles. The zero-order chi connectivity index (χ0) is 16.4. The Balaban J connectivity index is 1.69. The Morgan fingerprint density at radius 1 is 0.958 bits per heavy atom. The Kier molecular flexibility index (Phi) is 3.83. The quantitative estimate of drug-likeness (QED) is 0.556. The highest BCUT2D eigenvalue weighted by molar-refractivity contribution is 5.76. The summed E-state index contributed by atoms with van der Waals surface area (Å²) in [4.78, 5) is 4.74. The lowest BCUT2D eigenvalue weighted by Crippen LogP contribution is -2.05. The predicted molar refractivity (Wildman–Crippen MR) is 92.6 cm³/mol. The van der Waals surface area contributed by atoms with Gasteiger partial charge in [0.25, 0.3) is 0 Å². The first-order chi connectivity index (χ1) is 11.8. The van der Waals surface area contributed by atoms with Crippen molar-refractivity contribution in [3.8, 4) is 11.5 Å². The molecule has 0 unspecified atom stereocenters. The topological polar surface area (TPSA) is 56.7 Å². The number of imidazole rings is 1. The number of hydrogen-bond donors (Lipinski definition) is 0. The third-order valence-electron chi connectivity index (χ3n) is 3.99. The maximum atomic E-state index is 5.85. The lowest BCUT2D eigenvalue weighted by atomic mass is 10.2. The van der Waals surface area contributed by atoms with E-state index < -0.39 is 0 Å². The summed E-state index contributed by atoms with van der Waals surface area (Å²) in [5.41, 5.74) is 3.03. The van der Waals surface area contributed by atoms with Crippen molar-refractivity contribution in [3.63, 3.8) is 0 Å². The van der Waals surface area contributed by atoms with Crippen LogP contribution in [-0.2, 0) is 13.0 Å². The van der Waals surface area contributed by atoms with Gasteiger partial charge < -0.3 is 8.98 Å². The van der Waals surface area contributed by atoms with E-state index in [1.807, 2.05) is 48.5 Å². The van der Waals surface area contributed by atoms with Crippen molar-refractivity contribution >= 4 is 11.0 Å². The summed E-state index contributed by atoms with van der Waals surface area (Å²) < 4.78 is 8.02. The molecule has 0 aliphatic heterocycles. The van der Waals surface area contributed by atoms with Gasteiger partial charge in [-0.2, -0.15) is 0 Å². The molecule has 0 aliphatic carbocycles. The molecule has 0 atom stereocenters. The summed E-state index contributed by atoms with van der Waals surface area (Å²) in [6.45, 7) is 2.69. The first kappa shape index (κ1) is 14.6. The molecule has 0 saturated heterocycles. The van der Waals surface area contributed by atoms with Crippen LogP contribution >= 0.6 is 0 Å². The van der Waals surface area contributed by atoms with Gasteiger partial charge in [-0.1, -0.05) is 37.3 Å². The Morgan fingerprint density at radius 3 is 2.58 bits per heavy atom. The first-order valence-corrected chi connectivity index (χ1v) is 8.17. The lowest BCUT2D eigenvalue weighted by Gasteiger charge is -2.05. The second kappa shape index (κ2) is 6.28. The van der Waals surface area contributed by atoms with Crippen molar-refractivity contribution < 1.29 is 4.42 Å². The van der Waals surface area contributed by atoms with E-state index in [1.165, 1.54) is 0 Å². The minimum absolute atomic E-state index is 0.537. The van der Waals surface area contributed by atoms with Crippen LogP contribution in [0, 0.1) is 0 Å². The van der Waals surface area contributed by atoms with Crippen molar-refractivity contribution in [2.75, 3.05) is 0 Å². The maximum Gasteiger partial charge on any atom is 0.247 e. The highest BCUT2D eigenvalue weighted by Crippen LogP contribution is 2.21. The largest absolute Gasteiger partial charge is 0.419 e. The molecule has 24 heavy (non-hydrogen) atoms. The second-order valence-corrected chi connectivity index (χ2v) is 5.72. The molecule has 0 radical (unpaired) electrons. The van der Waals surface area contributed by atoms with Gasteiger partial charge in [0.15, 0.2) is 0 Å². The molecule has 0 N–H and O–H groups in total. The van der Waals surface area contributed by atoms with Gasteiger partial charge in [-0.05, 0) is 30.7 Å². The van der Waals surface area contributed by atoms with Crippen LogP contribution in [0.15, 0.2) is 59.0 Å². The fraction of sp³-hybridized carbons (Fsp3) is 0.211. The lowest BCUT2D eigenvalue weighted by molar-refractivity contribution is 0.486. The third kappa shape index (κ3) is 2.69. The van der Waals surface area contributed by atoms with Crippen LogP contribution in [-0.4, -0.2) is 19.7 Å². The molecule has 120 valence electrons. The Hall–Kier alpha value is -2.95. The molecule has 2 heterocycles. The van der Waals surface area contributed by atoms with E-state index in [0.29, 0.717) is 18.3 Å². The SMILES string of the molecule is CCCc1nc2ccccc2n1Cc1nnc(-c2ccccc2)o1. The van der Waals surface area contributed by atoms with E-state index >= 15 is 0 Å². The average molecular weight is 318 g/mol. The zero-order valence-corrected chi connectivity index (χ0v) is 13.5. The Labute approximate surface area is 140 Å². The summed E-state index contributed by atoms with van der Waals surface area (Å²) in [7, 11) is 0. The van der Waals surface area contributed by atoms with Gasteiger partial charge in [-0.3, -0.25) is 0 Å². The van der Waals surface area contributed by atoms with E-state index in [9.17, 15) is 0 Å². The molecule has 4 aromatic rings. The summed E-state index contributed by atoms with van der Waals surface area (Å²) in [5.74, 6) is 2.19. The van der Waals surface area contributed by atoms with Crippen LogP contribution in [0.2, 0.25) is 0 Å². The molecule has 0 amide bonds. The van der Waals surface area contributed by atoms with Crippen molar-refractivity contribution in [3.05, 3.63) is 66.3 Å². The zero-order valence-electron chi connectivity index (χ0n) is 13.5. The fourth-order valence-electron chi connectivity index (χ4n) is 2.87. The minimum atomic E-state index is 0.537. The van der Waals surface area contributed by atoms with Crippen LogP contribution in [0.25, 0.3) is 22.5 Å². The van der Waals surface area contributed by atoms with Gasteiger partial charge >= 0.3 is 0 Å². The number of nitrogens with zero attached hydrogens (tertiary/aromatic N) is 4. The van der Waals surface area contributed by atoms with Crippen LogP contribution in [0.1, 0.15) is 25.1 Å². The van der Waals surface area contributed by atoms with Crippen LogP contribution in [0.5, 0.6) is 0 Å². The van der Waals surface area contributed by atoms with Crippen molar-refractivity contribution in [2.45, 2.75) is 26.3 Å². The molecule has 5 heteroatoms. The highest BCUT2D eigenvalue weighted by atomic mass is 16.4. The van der Waals surface area contributed by atoms with Gasteiger partial charge in [0.1, 0.15) is 12.4 Å². The maximum absolute atomic E-state index is 5.85. The molecule has 0 spiro atoms. The van der Waals surface area contributed by atoms with E-state index in [4.69, 9.17) is 9.40 Å². The molecule has 0 aliphatic rings. The molecular formula is C19H18N4O. The van der Waals surface area contributed by atoms with E-state index in [1.54, 1.807) is 0 Å². The predicted octanol–water partition coefficient (Wildman–Crippen LogP) is 4.09. The number of benzene rings is 2. The van der Waals surface area contributed by atoms with Gasteiger partial charge in [-0.25, -0.2) is 4.98 Å². The second-order valence-electron chi connectivity index (χ2n) is 5.72. The van der Waals surface area contributed by atoms with Crippen LogP contribution in [0.4, 0.5) is 0 Å². The minimum Gasteiger partial charge on any atom is -0.419 e. The molecule has 0 bridgehead atoms. The van der Waals surface area contributed by atoms with Crippen molar-refractivity contribution in [1.29, 1.82) is 0 Å². The highest BCUT2D eigenvalue weighted by Gasteiger charge is 2.14. The Bertz CT molecular complexity index is 956. The molecule has 5 nitrogen and oxygen atoms in total. The number of fused-ring (bicyclic) bond motifs is 1. The number of para-hydroxylation sites is 2. The average Bonchev–Trinajstić information content (AvgIpc) is 3.22. The van der Waals surface area contributed by atoms with Crippen molar-refractivity contribution in [2.24, 2.45) is 0 Å². The first-order valence-electron chi connectivity index (χ1n) is 8.17. The van der Waals surface area contributed by atoms with Gasteiger partial charge in [0, 0.05) is 12.0 Å². The number of rotatable bonds is 5. The number of aryl methyl sites for hydroxylation is 1. The third-order valence-corrected chi connectivity index (χ3v) is 3.99. The molecular weight excluding hydrogens is 300 g/mol. The molecule has 2 aromatic carbocycles. The van der Waals surface area contributed by atoms with E-state index in [0.717, 1.165) is 35.3 Å². The summed E-state index contributed by atoms with van der Waals surface area (Å²) in [6.07, 6.45) is 1.97. The Morgan fingerprint density at radius 2 is 1.75 bits per heavy atom. The summed E-state index contributed by atoms with van der Waals surface area (Å²) in [6, 6.07) is 18.0. The smallest absolute Gasteiger partial charge is 0.247 e. The van der Waals surface area contributed by atoms with E-state index in [-0.39, 0.29) is 0 Å². The molecule has 2 aromatic heterocycles. The van der Waals surface area contributed by atoms with Crippen molar-refractivity contribution in [1.82, 2.24) is 19.7 Å².